The van der Waals surface area contributed by atoms with Crippen LogP contribution in [0.1, 0.15) is 24.8 Å². The van der Waals surface area contributed by atoms with E-state index in [9.17, 15) is 9.59 Å². The predicted octanol–water partition coefficient (Wildman–Crippen LogP) is 3.44. The van der Waals surface area contributed by atoms with Gasteiger partial charge in [-0.3, -0.25) is 9.59 Å². The van der Waals surface area contributed by atoms with Gasteiger partial charge in [0, 0.05) is 23.0 Å². The van der Waals surface area contributed by atoms with Gasteiger partial charge in [-0.05, 0) is 54.4 Å². The van der Waals surface area contributed by atoms with Crippen LogP contribution in [0.3, 0.4) is 0 Å². The molecule has 0 aromatic heterocycles. The Balaban J connectivity index is 1.35. The van der Waals surface area contributed by atoms with Crippen LogP contribution in [0.2, 0.25) is 0 Å². The van der Waals surface area contributed by atoms with Crippen LogP contribution in [-0.4, -0.2) is 24.8 Å². The second kappa shape index (κ2) is 9.18. The Morgan fingerprint density at radius 3 is 2.59 bits per heavy atom. The van der Waals surface area contributed by atoms with Crippen molar-refractivity contribution in [3.63, 3.8) is 0 Å². The molecule has 140 valence electrons. The van der Waals surface area contributed by atoms with Crippen LogP contribution < -0.4 is 20.2 Å². The molecule has 0 radical (unpaired) electrons. The van der Waals surface area contributed by atoms with E-state index in [1.807, 2.05) is 18.2 Å². The first-order valence-electron chi connectivity index (χ1n) is 8.37. The smallest absolute Gasteiger partial charge is 0.240 e. The van der Waals surface area contributed by atoms with Crippen molar-refractivity contribution in [3.8, 4) is 11.5 Å². The van der Waals surface area contributed by atoms with E-state index in [0.29, 0.717) is 17.9 Å². The maximum absolute atomic E-state index is 11.9. The molecule has 1 aliphatic rings. The number of hydrogen-bond acceptors (Lipinski definition) is 5. The molecule has 0 spiro atoms. The molecule has 7 nitrogen and oxygen atoms in total. The van der Waals surface area contributed by atoms with Gasteiger partial charge in [0.25, 0.3) is 0 Å². The fourth-order valence-electron chi connectivity index (χ4n) is 2.39. The number of amides is 2. The second-order valence-corrected chi connectivity index (χ2v) is 6.73. The molecule has 2 N–H and O–H groups in total. The maximum atomic E-state index is 11.9. The van der Waals surface area contributed by atoms with E-state index in [2.05, 4.69) is 31.8 Å². The van der Waals surface area contributed by atoms with Crippen LogP contribution in [0.25, 0.3) is 0 Å². The molecule has 27 heavy (non-hydrogen) atoms. The fourth-order valence-corrected chi connectivity index (χ4v) is 2.66. The highest BCUT2D eigenvalue weighted by atomic mass is 79.9. The number of fused-ring (bicyclic) bond motifs is 1. The number of halogens is 1. The summed E-state index contributed by atoms with van der Waals surface area (Å²) in [7, 11) is 0. The second-order valence-electron chi connectivity index (χ2n) is 5.81. The summed E-state index contributed by atoms with van der Waals surface area (Å²) in [6.07, 6.45) is 2.44. The van der Waals surface area contributed by atoms with E-state index in [1.54, 1.807) is 24.3 Å². The van der Waals surface area contributed by atoms with E-state index in [0.717, 1.165) is 15.7 Å². The molecular formula is C19H18BrN3O4. The number of nitrogens with one attached hydrogen (secondary N) is 2. The average molecular weight is 432 g/mol. The van der Waals surface area contributed by atoms with E-state index in [1.165, 1.54) is 6.21 Å². The Hall–Kier alpha value is -2.87. The highest BCUT2D eigenvalue weighted by Crippen LogP contribution is 2.31. The van der Waals surface area contributed by atoms with Gasteiger partial charge in [-0.15, -0.1) is 0 Å². The molecule has 0 fully saturated rings. The number of ether oxygens (including phenoxy) is 2. The zero-order valence-corrected chi connectivity index (χ0v) is 16.0. The molecule has 2 amide bonds. The van der Waals surface area contributed by atoms with Gasteiger partial charge in [-0.25, -0.2) is 5.43 Å². The maximum Gasteiger partial charge on any atom is 0.240 e. The number of rotatable bonds is 7. The van der Waals surface area contributed by atoms with E-state index >= 15 is 0 Å². The first-order valence-corrected chi connectivity index (χ1v) is 9.16. The summed E-state index contributed by atoms with van der Waals surface area (Å²) in [6.45, 7) is 0.210. The SMILES string of the molecule is O=C(CCCC(=O)Nc1ccc(Br)cc1)NN=Cc1ccc2c(c1)OCO2. The Kier molecular flexibility index (Phi) is 6.43. The summed E-state index contributed by atoms with van der Waals surface area (Å²) in [4.78, 5) is 23.7. The lowest BCUT2D eigenvalue weighted by atomic mass is 10.2. The predicted molar refractivity (Wildman–Crippen MR) is 105 cm³/mol. The number of hydrazone groups is 1. The van der Waals surface area contributed by atoms with E-state index in [-0.39, 0.29) is 31.4 Å². The van der Waals surface area contributed by atoms with Crippen LogP contribution in [-0.2, 0) is 9.59 Å². The van der Waals surface area contributed by atoms with Gasteiger partial charge >= 0.3 is 0 Å². The fraction of sp³-hybridized carbons (Fsp3) is 0.211. The van der Waals surface area contributed by atoms with Crippen LogP contribution in [0, 0.1) is 0 Å². The number of anilines is 1. The summed E-state index contributed by atoms with van der Waals surface area (Å²) in [5.74, 6) is 0.970. The van der Waals surface area contributed by atoms with Gasteiger partial charge in [0.2, 0.25) is 18.6 Å². The summed E-state index contributed by atoms with van der Waals surface area (Å²) in [6, 6.07) is 12.7. The molecule has 0 saturated heterocycles. The number of hydrogen-bond donors (Lipinski definition) is 2. The molecule has 0 saturated carbocycles. The zero-order chi connectivity index (χ0) is 19.1. The van der Waals surface area contributed by atoms with Crippen molar-refractivity contribution in [2.75, 3.05) is 12.1 Å². The summed E-state index contributed by atoms with van der Waals surface area (Å²) in [5, 5.41) is 6.70. The highest BCUT2D eigenvalue weighted by molar-refractivity contribution is 9.10. The van der Waals surface area contributed by atoms with Gasteiger partial charge in [0.05, 0.1) is 6.21 Å². The van der Waals surface area contributed by atoms with Crippen molar-refractivity contribution in [1.82, 2.24) is 5.43 Å². The quantitative estimate of drug-likeness (QED) is 0.518. The summed E-state index contributed by atoms with van der Waals surface area (Å²) >= 11 is 3.34. The minimum absolute atomic E-state index is 0.131. The third kappa shape index (κ3) is 5.82. The number of carbonyl (C=O) groups excluding carboxylic acids is 2. The Labute approximate surface area is 164 Å². The lowest BCUT2D eigenvalue weighted by Crippen LogP contribution is -2.18. The molecule has 8 heteroatoms. The third-order valence-corrected chi connectivity index (χ3v) is 4.26. The minimum Gasteiger partial charge on any atom is -0.454 e. The largest absolute Gasteiger partial charge is 0.454 e. The van der Waals surface area contributed by atoms with Crippen molar-refractivity contribution in [3.05, 3.63) is 52.5 Å². The van der Waals surface area contributed by atoms with Crippen LogP contribution in [0.4, 0.5) is 5.69 Å². The van der Waals surface area contributed by atoms with Crippen LogP contribution in [0.5, 0.6) is 11.5 Å². The third-order valence-electron chi connectivity index (χ3n) is 3.74. The van der Waals surface area contributed by atoms with Crippen molar-refractivity contribution in [1.29, 1.82) is 0 Å². The van der Waals surface area contributed by atoms with Crippen molar-refractivity contribution >= 4 is 39.6 Å². The first kappa shape index (κ1) is 18.9. The normalized spacial score (nSPS) is 12.2. The van der Waals surface area contributed by atoms with Crippen molar-refractivity contribution in [2.45, 2.75) is 19.3 Å². The molecule has 2 aromatic carbocycles. The monoisotopic (exact) mass is 431 g/mol. The van der Waals surface area contributed by atoms with Gasteiger partial charge in [0.1, 0.15) is 0 Å². The molecule has 0 unspecified atom stereocenters. The molecule has 3 rings (SSSR count). The Morgan fingerprint density at radius 1 is 1.04 bits per heavy atom. The molecule has 0 bridgehead atoms. The van der Waals surface area contributed by atoms with Crippen molar-refractivity contribution in [2.24, 2.45) is 5.10 Å². The minimum atomic E-state index is -0.247. The molecule has 1 aliphatic heterocycles. The highest BCUT2D eigenvalue weighted by Gasteiger charge is 2.12. The topological polar surface area (TPSA) is 89.0 Å². The van der Waals surface area contributed by atoms with Gasteiger partial charge in [-0.2, -0.15) is 5.10 Å². The van der Waals surface area contributed by atoms with Gasteiger partial charge < -0.3 is 14.8 Å². The molecule has 0 aliphatic carbocycles. The van der Waals surface area contributed by atoms with Crippen LogP contribution >= 0.6 is 15.9 Å². The Morgan fingerprint density at radius 2 is 1.78 bits per heavy atom. The first-order chi connectivity index (χ1) is 13.1. The van der Waals surface area contributed by atoms with Gasteiger partial charge in [0.15, 0.2) is 11.5 Å². The molecule has 1 heterocycles. The summed E-state index contributed by atoms with van der Waals surface area (Å²) < 4.78 is 11.5. The average Bonchev–Trinajstić information content (AvgIpc) is 3.11. The van der Waals surface area contributed by atoms with E-state index < -0.39 is 0 Å². The van der Waals surface area contributed by atoms with Crippen molar-refractivity contribution < 1.29 is 19.1 Å². The molecular weight excluding hydrogens is 414 g/mol. The molecule has 2 aromatic rings. The number of carbonyl (C=O) groups is 2. The standard InChI is InChI=1S/C19H18BrN3O4/c20-14-5-7-15(8-6-14)22-18(24)2-1-3-19(25)23-21-11-13-4-9-16-17(10-13)27-12-26-16/h4-11H,1-3,12H2,(H,22,24)(H,23,25). The number of benzene rings is 2. The van der Waals surface area contributed by atoms with Crippen LogP contribution in [0.15, 0.2) is 52.0 Å². The van der Waals surface area contributed by atoms with Gasteiger partial charge in [-0.1, -0.05) is 15.9 Å². The Bertz CT molecular complexity index is 853. The molecule has 0 atom stereocenters. The van der Waals surface area contributed by atoms with E-state index in [4.69, 9.17) is 9.47 Å². The lowest BCUT2D eigenvalue weighted by molar-refractivity contribution is -0.121. The summed E-state index contributed by atoms with van der Waals surface area (Å²) in [5.41, 5.74) is 3.96. The lowest BCUT2D eigenvalue weighted by Gasteiger charge is -2.05. The number of nitrogens with zero attached hydrogens (tertiary/aromatic N) is 1. The zero-order valence-electron chi connectivity index (χ0n) is 14.4.